The highest BCUT2D eigenvalue weighted by molar-refractivity contribution is 5.80. The van der Waals surface area contributed by atoms with E-state index in [-0.39, 0.29) is 6.61 Å². The van der Waals surface area contributed by atoms with Crippen LogP contribution in [0.3, 0.4) is 0 Å². The van der Waals surface area contributed by atoms with E-state index in [4.69, 9.17) is 18.9 Å². The number of ether oxygens (including phenoxy) is 4. The molecule has 38 heavy (non-hydrogen) atoms. The molecule has 2 aromatic carbocycles. The smallest absolute Gasteiger partial charge is 0.303 e. The molecular weight excluding hydrogens is 490 g/mol. The van der Waals surface area contributed by atoms with E-state index in [0.29, 0.717) is 16.8 Å². The normalized spacial score (nSPS) is 19.1. The molecule has 10 nitrogen and oxygen atoms in total. The van der Waals surface area contributed by atoms with Crippen molar-refractivity contribution in [2.75, 3.05) is 6.61 Å². The van der Waals surface area contributed by atoms with Gasteiger partial charge < -0.3 is 18.9 Å². The lowest BCUT2D eigenvalue weighted by atomic mass is 9.93. The van der Waals surface area contributed by atoms with Crippen LogP contribution in [0.15, 0.2) is 84.8 Å². The second kappa shape index (κ2) is 12.0. The minimum Gasteiger partial charge on any atom is -0.490 e. The van der Waals surface area contributed by atoms with E-state index in [1.54, 1.807) is 17.0 Å². The van der Waals surface area contributed by atoms with Crippen molar-refractivity contribution in [2.24, 2.45) is 0 Å². The Labute approximate surface area is 219 Å². The first-order valence-corrected chi connectivity index (χ1v) is 11.9. The average molecular weight is 518 g/mol. The summed E-state index contributed by atoms with van der Waals surface area (Å²) in [6.07, 6.45) is 1.96. The Morgan fingerprint density at radius 1 is 0.921 bits per heavy atom. The number of nitrogens with zero attached hydrogens (tertiary/aromatic N) is 3. The summed E-state index contributed by atoms with van der Waals surface area (Å²) < 4.78 is 23.7. The van der Waals surface area contributed by atoms with Gasteiger partial charge in [0.2, 0.25) is 0 Å². The van der Waals surface area contributed by atoms with E-state index >= 15 is 0 Å². The van der Waals surface area contributed by atoms with E-state index in [9.17, 15) is 14.4 Å². The van der Waals surface area contributed by atoms with Crippen LogP contribution in [0, 0.1) is 0 Å². The summed E-state index contributed by atoms with van der Waals surface area (Å²) in [5, 5.41) is 8.65. The number of benzene rings is 2. The molecule has 0 N–H and O–H groups in total. The summed E-state index contributed by atoms with van der Waals surface area (Å²) in [5.74, 6) is -1.72. The van der Waals surface area contributed by atoms with Crippen LogP contribution in [-0.2, 0) is 33.3 Å². The first kappa shape index (κ1) is 26.3. The van der Waals surface area contributed by atoms with E-state index in [2.05, 4.69) is 10.3 Å². The summed E-state index contributed by atoms with van der Waals surface area (Å²) in [5.41, 5.74) is 3.29. The van der Waals surface area contributed by atoms with E-state index < -0.39 is 36.2 Å². The van der Waals surface area contributed by atoms with Gasteiger partial charge in [-0.3, -0.25) is 14.4 Å². The van der Waals surface area contributed by atoms with E-state index in [0.717, 1.165) is 11.3 Å². The van der Waals surface area contributed by atoms with Gasteiger partial charge in [-0.05, 0) is 23.8 Å². The molecule has 4 rings (SSSR count). The monoisotopic (exact) mass is 517 g/mol. The van der Waals surface area contributed by atoms with Crippen molar-refractivity contribution in [1.82, 2.24) is 15.0 Å². The van der Waals surface area contributed by atoms with Crippen molar-refractivity contribution < 1.29 is 33.3 Å². The van der Waals surface area contributed by atoms with Crippen LogP contribution in [-0.4, -0.2) is 57.8 Å². The topological polar surface area (TPSA) is 119 Å². The molecule has 196 valence electrons. The standard InChI is InChI=1S/C28H27N3O7/c1-18(32)35-17-26-28(38-20(3)34)27(37-19(2)33)22(16-36-26)14-24(21-10-6-4-7-11-21)25-15-31(30-29-25)23-12-8-5-9-13-23/h4-16,26-28H,17H2,1-3H3/b24-14+/t26-,27-,28-/m1/s1. The highest BCUT2D eigenvalue weighted by atomic mass is 16.6. The van der Waals surface area contributed by atoms with Gasteiger partial charge in [0.15, 0.2) is 18.3 Å². The lowest BCUT2D eigenvalue weighted by molar-refractivity contribution is -0.180. The predicted octanol–water partition coefficient (Wildman–Crippen LogP) is 3.41. The number of carbonyl (C=O) groups excluding carboxylic acids is 3. The fraction of sp³-hybridized carbons (Fsp3) is 0.250. The fourth-order valence-corrected chi connectivity index (χ4v) is 3.97. The number of hydrogen-bond acceptors (Lipinski definition) is 9. The molecule has 0 bridgehead atoms. The summed E-state index contributed by atoms with van der Waals surface area (Å²) in [7, 11) is 0. The summed E-state index contributed by atoms with van der Waals surface area (Å²) >= 11 is 0. The molecule has 0 radical (unpaired) electrons. The Kier molecular flexibility index (Phi) is 8.32. The summed E-state index contributed by atoms with van der Waals surface area (Å²) in [6, 6.07) is 19.0. The third kappa shape index (κ3) is 6.52. The first-order chi connectivity index (χ1) is 18.3. The molecule has 1 aromatic heterocycles. The molecule has 0 fully saturated rings. The van der Waals surface area contributed by atoms with E-state index in [1.165, 1.54) is 27.0 Å². The lowest BCUT2D eigenvalue weighted by Gasteiger charge is -2.35. The van der Waals surface area contributed by atoms with Crippen LogP contribution < -0.4 is 0 Å². The maximum absolute atomic E-state index is 12.1. The van der Waals surface area contributed by atoms with Crippen LogP contribution in [0.5, 0.6) is 0 Å². The van der Waals surface area contributed by atoms with Crippen molar-refractivity contribution in [1.29, 1.82) is 0 Å². The van der Waals surface area contributed by atoms with Crippen molar-refractivity contribution >= 4 is 23.5 Å². The molecule has 3 atom stereocenters. The van der Waals surface area contributed by atoms with Gasteiger partial charge in [-0.25, -0.2) is 4.68 Å². The summed E-state index contributed by atoms with van der Waals surface area (Å²) in [4.78, 5) is 35.4. The Morgan fingerprint density at radius 2 is 1.58 bits per heavy atom. The number of carbonyl (C=O) groups is 3. The highest BCUT2D eigenvalue weighted by Crippen LogP contribution is 2.31. The minimum absolute atomic E-state index is 0.199. The second-order valence-corrected chi connectivity index (χ2v) is 8.51. The van der Waals surface area contributed by atoms with Crippen molar-refractivity contribution in [3.63, 3.8) is 0 Å². The number of hydrogen-bond donors (Lipinski definition) is 0. The first-order valence-electron chi connectivity index (χ1n) is 11.9. The average Bonchev–Trinajstić information content (AvgIpc) is 3.38. The molecule has 0 aliphatic carbocycles. The van der Waals surface area contributed by atoms with Gasteiger partial charge in [0.1, 0.15) is 12.3 Å². The van der Waals surface area contributed by atoms with Crippen LogP contribution >= 0.6 is 0 Å². The van der Waals surface area contributed by atoms with Gasteiger partial charge >= 0.3 is 17.9 Å². The van der Waals surface area contributed by atoms with Gasteiger partial charge in [-0.1, -0.05) is 53.7 Å². The number of aromatic nitrogens is 3. The molecule has 0 unspecified atom stereocenters. The SMILES string of the molecule is CC(=O)OC[C@H]1OC=C(/C=C(\c2ccccc2)c2cn(-c3ccccc3)nn2)[C@@H](OC(C)=O)[C@@H]1OC(C)=O. The van der Waals surface area contributed by atoms with Gasteiger partial charge in [-0.15, -0.1) is 5.10 Å². The number of esters is 3. The lowest BCUT2D eigenvalue weighted by Crippen LogP contribution is -2.49. The number of para-hydroxylation sites is 1. The molecule has 1 aliphatic heterocycles. The van der Waals surface area contributed by atoms with Gasteiger partial charge in [0, 0.05) is 31.9 Å². The van der Waals surface area contributed by atoms with Gasteiger partial charge in [0.05, 0.1) is 18.1 Å². The zero-order chi connectivity index (χ0) is 27.1. The molecule has 2 heterocycles. The van der Waals surface area contributed by atoms with Crippen LogP contribution in [0.25, 0.3) is 11.3 Å². The van der Waals surface area contributed by atoms with Gasteiger partial charge in [0.25, 0.3) is 0 Å². The maximum Gasteiger partial charge on any atom is 0.303 e. The Hall–Kier alpha value is -4.73. The van der Waals surface area contributed by atoms with Gasteiger partial charge in [-0.2, -0.15) is 0 Å². The molecule has 0 amide bonds. The summed E-state index contributed by atoms with van der Waals surface area (Å²) in [6.45, 7) is 3.55. The van der Waals surface area contributed by atoms with Crippen molar-refractivity contribution in [3.8, 4) is 5.69 Å². The zero-order valence-corrected chi connectivity index (χ0v) is 21.1. The zero-order valence-electron chi connectivity index (χ0n) is 21.1. The molecule has 0 spiro atoms. The molecule has 0 saturated carbocycles. The Balaban J connectivity index is 1.78. The molecule has 1 aliphatic rings. The third-order valence-electron chi connectivity index (χ3n) is 5.60. The van der Waals surface area contributed by atoms with Crippen LogP contribution in [0.1, 0.15) is 32.0 Å². The van der Waals surface area contributed by atoms with Crippen molar-refractivity contribution in [3.05, 3.63) is 96.0 Å². The Morgan fingerprint density at radius 3 is 2.21 bits per heavy atom. The fourth-order valence-electron chi connectivity index (χ4n) is 3.97. The molecule has 0 saturated heterocycles. The second-order valence-electron chi connectivity index (χ2n) is 8.51. The Bertz CT molecular complexity index is 1350. The minimum atomic E-state index is -1.07. The van der Waals surface area contributed by atoms with E-state index in [1.807, 2.05) is 60.7 Å². The predicted molar refractivity (Wildman–Crippen MR) is 136 cm³/mol. The molecule has 3 aromatic rings. The van der Waals surface area contributed by atoms with Crippen LogP contribution in [0.2, 0.25) is 0 Å². The van der Waals surface area contributed by atoms with Crippen LogP contribution in [0.4, 0.5) is 0 Å². The quantitative estimate of drug-likeness (QED) is 0.327. The third-order valence-corrected chi connectivity index (χ3v) is 5.60. The maximum atomic E-state index is 12.1. The molecular formula is C28H27N3O7. The molecule has 10 heteroatoms. The largest absolute Gasteiger partial charge is 0.490 e. The highest BCUT2D eigenvalue weighted by Gasteiger charge is 2.42. The van der Waals surface area contributed by atoms with Crippen molar-refractivity contribution in [2.45, 2.75) is 39.1 Å². The number of rotatable bonds is 8.